The van der Waals surface area contributed by atoms with Gasteiger partial charge >= 0.3 is 0 Å². The number of β-amino-alcohol motifs (C(OH)–C–C–N with tert-alkyl or cyclic N) is 1. The van der Waals surface area contributed by atoms with E-state index in [1.165, 1.54) is 11.1 Å². The van der Waals surface area contributed by atoms with Crippen LogP contribution in [0.2, 0.25) is 0 Å². The Balaban J connectivity index is 0.871. The number of carbonyl (C=O) groups is 3. The lowest BCUT2D eigenvalue weighted by Gasteiger charge is -2.36. The van der Waals surface area contributed by atoms with Crippen LogP contribution >= 0.6 is 11.3 Å². The van der Waals surface area contributed by atoms with Gasteiger partial charge in [0.15, 0.2) is 0 Å². The average molecular weight is 945 g/mol. The molecule has 3 aliphatic heterocycles. The topological polar surface area (TPSA) is 180 Å². The number of benzene rings is 2. The number of thiazole rings is 1. The van der Waals surface area contributed by atoms with Gasteiger partial charge < -0.3 is 35.8 Å². The van der Waals surface area contributed by atoms with Gasteiger partial charge in [-0.05, 0) is 96.7 Å². The SMILES string of the molecule is Cc1ncsc1-c1ccc([C@H](C)NC(=O)[C@@H]2C[C@@H](O)CN2C(=O)[C@@H](NCc2ccc(C(=O)N3CCC(c4cc(Nc5cc(C#N)ccn5)nc(N5CCC(F)(F)C5)c4)CC3)cc2)C(C)(C)C)cc1. The molecule has 3 saturated heterocycles. The van der Waals surface area contributed by atoms with E-state index in [9.17, 15) is 33.5 Å². The predicted octanol–water partition coefficient (Wildman–Crippen LogP) is 7.73. The Morgan fingerprint density at radius 1 is 0.985 bits per heavy atom. The monoisotopic (exact) mass is 944 g/mol. The van der Waals surface area contributed by atoms with E-state index in [1.807, 2.05) is 93.6 Å². The quantitative estimate of drug-likeness (QED) is 0.0908. The van der Waals surface area contributed by atoms with E-state index in [4.69, 9.17) is 0 Å². The molecule has 0 aliphatic carbocycles. The highest BCUT2D eigenvalue weighted by Gasteiger charge is 2.44. The summed E-state index contributed by atoms with van der Waals surface area (Å²) in [5.74, 6) is -2.14. The number of aliphatic hydroxyl groups excluding tert-OH is 1. The highest BCUT2D eigenvalue weighted by Crippen LogP contribution is 2.36. The first-order valence-corrected chi connectivity index (χ1v) is 24.0. The van der Waals surface area contributed by atoms with E-state index in [-0.39, 0.29) is 55.6 Å². The number of aliphatic hydroxyl groups is 1. The normalized spacial score (nSPS) is 19.4. The molecule has 3 aliphatic rings. The van der Waals surface area contributed by atoms with E-state index in [2.05, 4.69) is 37.0 Å². The van der Waals surface area contributed by atoms with Gasteiger partial charge in [0.2, 0.25) is 11.8 Å². The van der Waals surface area contributed by atoms with Gasteiger partial charge in [-0.1, -0.05) is 57.2 Å². The number of amides is 3. The average Bonchev–Trinajstić information content (AvgIpc) is 4.05. The number of alkyl halides is 2. The minimum atomic E-state index is -2.80. The Hall–Kier alpha value is -6.35. The zero-order valence-electron chi connectivity index (χ0n) is 39.0. The molecule has 2 aromatic carbocycles. The second-order valence-electron chi connectivity index (χ2n) is 19.3. The summed E-state index contributed by atoms with van der Waals surface area (Å²) in [6, 6.07) is 22.5. The summed E-state index contributed by atoms with van der Waals surface area (Å²) in [7, 11) is 0. The van der Waals surface area contributed by atoms with Crippen LogP contribution < -0.4 is 20.9 Å². The van der Waals surface area contributed by atoms with Crippen molar-refractivity contribution in [3.05, 3.63) is 118 Å². The minimum Gasteiger partial charge on any atom is -0.391 e. The maximum absolute atomic E-state index is 14.3. The molecule has 0 saturated carbocycles. The number of rotatable bonds is 13. The standard InChI is InChI=1S/C51H58F2N10O4S/c1-31(35-10-12-37(13-11-35)45-32(2)57-30-68-45)58-47(65)41-25-40(64)28-63(41)49(67)46(50(3,4)5)56-27-33-6-8-38(9-7-33)48(66)61-19-15-36(16-20-61)39-23-43(59-42-22-34(26-54)14-18-55-42)60-44(24-39)62-21-17-51(52,53)29-62/h6-14,18,22-24,30-31,36,40-41,46,56,64H,15-17,19-21,25,27-29H2,1-5H3,(H,58,65)(H,55,59,60)/t31-,40+,41-,46+/m0/s1. The van der Waals surface area contributed by atoms with Crippen molar-refractivity contribution in [3.8, 4) is 16.5 Å². The van der Waals surface area contributed by atoms with E-state index in [0.717, 1.165) is 32.8 Å². The van der Waals surface area contributed by atoms with Gasteiger partial charge in [-0.3, -0.25) is 14.4 Å². The molecule has 0 unspecified atom stereocenters. The van der Waals surface area contributed by atoms with Crippen molar-refractivity contribution in [1.82, 2.24) is 35.4 Å². The first kappa shape index (κ1) is 48.1. The zero-order chi connectivity index (χ0) is 48.3. The molecule has 17 heteroatoms. The zero-order valence-corrected chi connectivity index (χ0v) is 39.8. The molecule has 6 heterocycles. The van der Waals surface area contributed by atoms with Gasteiger partial charge in [0.25, 0.3) is 11.8 Å². The third-order valence-corrected chi connectivity index (χ3v) is 14.2. The highest BCUT2D eigenvalue weighted by molar-refractivity contribution is 7.13. The fraction of sp³-hybridized carbons (Fsp3) is 0.431. The van der Waals surface area contributed by atoms with Crippen LogP contribution in [0.1, 0.15) is 104 Å². The van der Waals surface area contributed by atoms with Gasteiger partial charge in [-0.25, -0.2) is 23.7 Å². The first-order chi connectivity index (χ1) is 32.4. The molecule has 68 heavy (non-hydrogen) atoms. The second kappa shape index (κ2) is 20.1. The molecule has 4 atom stereocenters. The Kier molecular flexibility index (Phi) is 14.2. The summed E-state index contributed by atoms with van der Waals surface area (Å²) < 4.78 is 28.6. The summed E-state index contributed by atoms with van der Waals surface area (Å²) >= 11 is 1.58. The molecule has 3 fully saturated rings. The second-order valence-corrected chi connectivity index (χ2v) is 20.2. The van der Waals surface area contributed by atoms with Crippen LogP contribution in [0.3, 0.4) is 0 Å². The molecule has 5 aromatic rings. The Morgan fingerprint density at radius 3 is 2.37 bits per heavy atom. The van der Waals surface area contributed by atoms with Gasteiger partial charge in [0.05, 0.1) is 52.4 Å². The third-order valence-electron chi connectivity index (χ3n) is 13.2. The van der Waals surface area contributed by atoms with Crippen LogP contribution in [0.25, 0.3) is 10.4 Å². The number of hydrogen-bond donors (Lipinski definition) is 4. The molecule has 14 nitrogen and oxygen atoms in total. The number of anilines is 3. The van der Waals surface area contributed by atoms with Crippen molar-refractivity contribution in [2.24, 2.45) is 5.41 Å². The van der Waals surface area contributed by atoms with Crippen molar-refractivity contribution in [1.29, 1.82) is 5.26 Å². The minimum absolute atomic E-state index is 0.0504. The number of halogens is 2. The first-order valence-electron chi connectivity index (χ1n) is 23.1. The van der Waals surface area contributed by atoms with E-state index in [0.29, 0.717) is 61.1 Å². The number of carbonyl (C=O) groups excluding carboxylic acids is 3. The number of aromatic nitrogens is 3. The van der Waals surface area contributed by atoms with Crippen molar-refractivity contribution in [2.75, 3.05) is 42.9 Å². The van der Waals surface area contributed by atoms with Crippen LogP contribution in [-0.4, -0.2) is 104 Å². The number of nitrogens with one attached hydrogen (secondary N) is 3. The maximum atomic E-state index is 14.3. The molecule has 3 amide bonds. The van der Waals surface area contributed by atoms with Crippen molar-refractivity contribution in [2.45, 2.75) is 103 Å². The third kappa shape index (κ3) is 11.2. The Labute approximate surface area is 399 Å². The maximum Gasteiger partial charge on any atom is 0.266 e. The molecule has 0 bridgehead atoms. The van der Waals surface area contributed by atoms with Crippen LogP contribution in [0.15, 0.2) is 84.5 Å². The summed E-state index contributed by atoms with van der Waals surface area (Å²) in [5, 5.41) is 29.8. The van der Waals surface area contributed by atoms with Crippen molar-refractivity contribution in [3.63, 3.8) is 0 Å². The molecular formula is C51H58F2N10O4S. The molecule has 4 N–H and O–H groups in total. The fourth-order valence-corrected chi connectivity index (χ4v) is 10.2. The van der Waals surface area contributed by atoms with Gasteiger partial charge in [-0.2, -0.15) is 5.26 Å². The number of nitrogens with zero attached hydrogens (tertiary/aromatic N) is 7. The number of pyridine rings is 2. The number of aryl methyl sites for hydroxylation is 1. The molecule has 3 aromatic heterocycles. The Morgan fingerprint density at radius 2 is 1.72 bits per heavy atom. The number of piperidine rings is 1. The molecule has 356 valence electrons. The van der Waals surface area contributed by atoms with Crippen LogP contribution in [0.4, 0.5) is 26.2 Å². The lowest BCUT2D eigenvalue weighted by atomic mass is 9.85. The van der Waals surface area contributed by atoms with E-state index in [1.54, 1.807) is 40.5 Å². The Bertz CT molecular complexity index is 2660. The molecular weight excluding hydrogens is 887 g/mol. The van der Waals surface area contributed by atoms with E-state index >= 15 is 0 Å². The number of nitriles is 1. The summed E-state index contributed by atoms with van der Waals surface area (Å²) in [6.07, 6.45) is 1.90. The predicted molar refractivity (Wildman–Crippen MR) is 258 cm³/mol. The van der Waals surface area contributed by atoms with Crippen molar-refractivity contribution >= 4 is 46.5 Å². The number of hydrogen-bond acceptors (Lipinski definition) is 12. The van der Waals surface area contributed by atoms with Crippen LogP contribution in [-0.2, 0) is 16.1 Å². The lowest BCUT2D eigenvalue weighted by Crippen LogP contribution is -2.56. The van der Waals surface area contributed by atoms with Crippen molar-refractivity contribution < 1.29 is 28.3 Å². The summed E-state index contributed by atoms with van der Waals surface area (Å²) in [6.45, 7) is 10.9. The van der Waals surface area contributed by atoms with Gasteiger partial charge in [0, 0.05) is 57.3 Å². The van der Waals surface area contributed by atoms with E-state index < -0.39 is 36.1 Å². The molecule has 0 radical (unpaired) electrons. The molecule has 0 spiro atoms. The largest absolute Gasteiger partial charge is 0.391 e. The van der Waals surface area contributed by atoms with Crippen LogP contribution in [0.5, 0.6) is 0 Å². The smallest absolute Gasteiger partial charge is 0.266 e. The summed E-state index contributed by atoms with van der Waals surface area (Å²) in [4.78, 5) is 61.2. The van der Waals surface area contributed by atoms with Crippen LogP contribution in [0, 0.1) is 23.7 Å². The summed E-state index contributed by atoms with van der Waals surface area (Å²) in [5.41, 5.74) is 6.97. The lowest BCUT2D eigenvalue weighted by molar-refractivity contribution is -0.142. The molecule has 8 rings (SSSR count). The number of likely N-dealkylation sites (tertiary alicyclic amines) is 2. The van der Waals surface area contributed by atoms with Gasteiger partial charge in [0.1, 0.15) is 23.5 Å². The highest BCUT2D eigenvalue weighted by atomic mass is 32.1. The fourth-order valence-electron chi connectivity index (χ4n) is 9.34. The van der Waals surface area contributed by atoms with Gasteiger partial charge in [-0.15, -0.1) is 11.3 Å².